The average molecular weight is 1890 g/mol. The van der Waals surface area contributed by atoms with Crippen LogP contribution in [-0.4, -0.2) is 35.7 Å². The third-order valence-electron chi connectivity index (χ3n) is 38.8. The lowest BCUT2D eigenvalue weighted by molar-refractivity contribution is -0.141. The first-order valence-corrected chi connectivity index (χ1v) is 52.0. The molecule has 0 aromatic heterocycles. The lowest BCUT2D eigenvalue weighted by Crippen LogP contribution is -2.41. The van der Waals surface area contributed by atoms with Crippen LogP contribution in [0.4, 0.5) is 0 Å². The first-order chi connectivity index (χ1) is 67.1. The molecule has 1 saturated heterocycles. The summed E-state index contributed by atoms with van der Waals surface area (Å²) in [6.45, 7) is 36.8. The van der Waals surface area contributed by atoms with Gasteiger partial charge >= 0.3 is 7.12 Å². The third kappa shape index (κ3) is 12.8. The second-order valence-corrected chi connectivity index (χ2v) is 47.3. The minimum Gasteiger partial charge on any atom is -0.399 e. The smallest absolute Gasteiger partial charge is 0.399 e. The van der Waals surface area contributed by atoms with Crippen molar-refractivity contribution >= 4 is 143 Å². The van der Waals surface area contributed by atoms with Gasteiger partial charge in [0.1, 0.15) is 0 Å². The van der Waals surface area contributed by atoms with Gasteiger partial charge in [-0.1, -0.05) is 408 Å². The predicted octanol–water partition coefficient (Wildman–Crippen LogP) is 34.4. The van der Waals surface area contributed by atoms with Crippen molar-refractivity contribution in [3.8, 4) is 55.6 Å². The highest BCUT2D eigenvalue weighted by atomic mass is 79.9. The zero-order valence-corrected chi connectivity index (χ0v) is 85.2. The molecule has 6 saturated carbocycles. The number of ketones is 3. The van der Waals surface area contributed by atoms with Gasteiger partial charge in [0.15, 0.2) is 5.78 Å². The van der Waals surface area contributed by atoms with Gasteiger partial charge in [0.25, 0.3) is 0 Å². The maximum absolute atomic E-state index is 13.7. The second kappa shape index (κ2) is 32.0. The van der Waals surface area contributed by atoms with Crippen molar-refractivity contribution in [1.29, 1.82) is 0 Å². The Hall–Kier alpha value is -12.5. The molecule has 10 aliphatic rings. The van der Waals surface area contributed by atoms with Gasteiger partial charge in [-0.2, -0.15) is 0 Å². The monoisotopic (exact) mass is 1890 g/mol. The molecule has 140 heavy (non-hydrogen) atoms. The normalized spacial score (nSPS) is 24.3. The molecule has 9 aliphatic carbocycles. The zero-order valence-electron chi connectivity index (χ0n) is 83.6. The summed E-state index contributed by atoms with van der Waals surface area (Å²) in [5.74, 6) is 1.60. The van der Waals surface area contributed by atoms with Crippen LogP contribution in [0.3, 0.4) is 0 Å². The van der Waals surface area contributed by atoms with Crippen LogP contribution in [0.25, 0.3) is 153 Å². The van der Waals surface area contributed by atoms with Gasteiger partial charge in [0, 0.05) is 27.0 Å². The van der Waals surface area contributed by atoms with Gasteiger partial charge in [0.2, 0.25) is 11.6 Å². The van der Waals surface area contributed by atoms with E-state index in [1.165, 1.54) is 191 Å². The lowest BCUT2D eigenvalue weighted by atomic mass is 9.67. The van der Waals surface area contributed by atoms with Crippen LogP contribution in [0, 0.1) is 44.3 Å². The fraction of sp³-hybridized carbons (Fsp3) is 0.286. The van der Waals surface area contributed by atoms with E-state index < -0.39 is 0 Å². The summed E-state index contributed by atoms with van der Waals surface area (Å²) in [6, 6.07) is 120. The molecule has 0 N–H and O–H groups in total. The molecule has 5 nitrogen and oxygen atoms in total. The predicted molar refractivity (Wildman–Crippen MR) is 590 cm³/mol. The van der Waals surface area contributed by atoms with E-state index >= 15 is 0 Å². The molecule has 8 unspecified atom stereocenters. The maximum atomic E-state index is 13.7. The molecular formula is C133H122BBrO5. The summed E-state index contributed by atoms with van der Waals surface area (Å²) in [7, 11) is -0.338. The van der Waals surface area contributed by atoms with Crippen LogP contribution in [0.2, 0.25) is 0 Å². The van der Waals surface area contributed by atoms with E-state index in [-0.39, 0.29) is 84.9 Å². The van der Waals surface area contributed by atoms with Crippen molar-refractivity contribution in [2.45, 2.75) is 196 Å². The fourth-order valence-electron chi connectivity index (χ4n) is 29.0. The third-order valence-corrected chi connectivity index (χ3v) is 39.3. The number of benzene rings is 18. The molecule has 1 aliphatic heterocycles. The van der Waals surface area contributed by atoms with Crippen LogP contribution < -0.4 is 5.46 Å². The highest BCUT2D eigenvalue weighted by Crippen LogP contribution is 2.76. The summed E-state index contributed by atoms with van der Waals surface area (Å²) in [4.78, 5) is 36.7. The number of carbonyl (C=O) groups excluding carboxylic acids is 3. The summed E-state index contributed by atoms with van der Waals surface area (Å²) in [5, 5.41) is 21.2. The van der Waals surface area contributed by atoms with Crippen molar-refractivity contribution in [2.75, 3.05) is 0 Å². The van der Waals surface area contributed by atoms with Crippen LogP contribution in [0.5, 0.6) is 0 Å². The van der Waals surface area contributed by atoms with Crippen molar-refractivity contribution in [3.63, 3.8) is 0 Å². The van der Waals surface area contributed by atoms with Gasteiger partial charge < -0.3 is 9.31 Å². The number of hydrogen-bond donors (Lipinski definition) is 0. The van der Waals surface area contributed by atoms with Crippen LogP contribution >= 0.6 is 15.9 Å². The highest BCUT2D eigenvalue weighted by Gasteiger charge is 2.68. The quantitative estimate of drug-likeness (QED) is 0.0861. The van der Waals surface area contributed by atoms with E-state index in [2.05, 4.69) is 397 Å². The Labute approximate surface area is 833 Å². The van der Waals surface area contributed by atoms with Gasteiger partial charge in [-0.25, -0.2) is 0 Å². The summed E-state index contributed by atoms with van der Waals surface area (Å²) in [5.41, 5.74) is 27.9. The molecule has 18 aromatic carbocycles. The molecule has 0 amide bonds. The molecule has 7 fully saturated rings. The van der Waals surface area contributed by atoms with Crippen LogP contribution in [0.1, 0.15) is 207 Å². The molecule has 0 radical (unpaired) electrons. The van der Waals surface area contributed by atoms with E-state index in [4.69, 9.17) is 9.31 Å². The number of carbonyl (C=O) groups is 3. The van der Waals surface area contributed by atoms with Crippen molar-refractivity contribution in [1.82, 2.24) is 0 Å². The highest BCUT2D eigenvalue weighted by molar-refractivity contribution is 9.10. The largest absolute Gasteiger partial charge is 0.495 e. The average Bonchev–Trinajstić information content (AvgIpc) is 1.51. The molecular weight excluding hydrogens is 1770 g/mol. The number of hydrogen-bond acceptors (Lipinski definition) is 5. The SMILES string of the molecule is CC1(C)OB(c2ccc3ccc4cccc5ccc2c3c45)OC1(C)C.CC12CCC(C(=O)C1=O)C2(C)C.CC12CCC(C3=C(c4ccccc4)C(=O)C(c4ccccc4)=C31)C2(C)C.CC12CCC(c3c1c(-c1ccccc1)c1ccc(-c4ccc5ccc6cccc7ccc4c5c67)cc1c3-c1ccccc1)C2(C)C.CC12CCC(c3c1c(-c1ccccc1)c1ccc(Br)cc1c3-c1ccccc1)C2(C)C. The van der Waals surface area contributed by atoms with Crippen LogP contribution in [-0.2, 0) is 34.5 Å². The summed E-state index contributed by atoms with van der Waals surface area (Å²) < 4.78 is 13.8. The van der Waals surface area contributed by atoms with Crippen LogP contribution in [0.15, 0.2) is 343 Å². The standard InChI is InChI=1S/C46H36.C30H27Br.C25H24O.C22H21BO2.C10H14O2/c1-45(2)38-25-26-46(45,3)44-42(29-13-8-5-9-14-29)36-24-21-33(27-37(36)41(43(38)44)28-11-6-4-7-12-28)34-22-19-32-18-17-30-15-10-16-31-20-23-35(34)40(32)39(30)31;1-29(2)24-16-17-30(29,3)28-26(20-12-8-5-9-13-20)22-15-14-21(31)18-23(22)25(27(24)28)19-10-6-4-7-11-19;1-24(2)18-14-15-25(24,3)22-20(17-12-8-5-9-13-17)23(26)19(21(18)22)16-10-6-4-7-11-16;1-21(2)22(3,4)25-23(24-21)18-13-11-16-9-8-14-6-5-7-15-10-12-17(18)20(16)19(14)15;1-9(2)6-4-5-10(9,3)8(12)7(6)11/h4-24,27,38H,25-26H2,1-3H3;4-15,18,24H,16-17H2,1-3H3;4-13,18H,14-15H2,1-3H3;5-13H,1-4H3;6H,4-5H2,1-3H3. The minimum absolute atomic E-state index is 0.00926. The number of allylic oxidation sites excluding steroid dienone is 4. The molecule has 8 bridgehead atoms. The van der Waals surface area contributed by atoms with Gasteiger partial charge in [-0.05, 0) is 345 Å². The first-order valence-electron chi connectivity index (χ1n) is 51.2. The number of Topliss-reactive ketones (excluding diaryl/α,β-unsaturated/α-hetero) is 3. The molecule has 1 heterocycles. The first kappa shape index (κ1) is 90.1. The Morgan fingerprint density at radius 3 is 1.09 bits per heavy atom. The number of fused-ring (bicyclic) bond motifs is 19. The molecule has 8 atom stereocenters. The molecule has 0 spiro atoms. The summed E-state index contributed by atoms with van der Waals surface area (Å²) >= 11 is 3.77. The Kier molecular flexibility index (Phi) is 20.6. The second-order valence-electron chi connectivity index (χ2n) is 46.4. The summed E-state index contributed by atoms with van der Waals surface area (Å²) in [6.07, 6.45) is 9.23. The fourth-order valence-corrected chi connectivity index (χ4v) is 29.4. The Bertz CT molecular complexity index is 8220. The number of rotatable bonds is 8. The zero-order chi connectivity index (χ0) is 96.8. The molecule has 18 aromatic rings. The molecule has 28 rings (SSSR count). The Morgan fingerprint density at radius 1 is 0.286 bits per heavy atom. The molecule has 7 heteroatoms. The molecule has 694 valence electrons. The topological polar surface area (TPSA) is 69.7 Å². The van der Waals surface area contributed by atoms with Gasteiger partial charge in [0.05, 0.1) is 11.2 Å². The van der Waals surface area contributed by atoms with Crippen molar-refractivity contribution < 1.29 is 23.7 Å². The maximum Gasteiger partial charge on any atom is 0.495 e. The van der Waals surface area contributed by atoms with Gasteiger partial charge in [-0.3, -0.25) is 14.4 Å². The van der Waals surface area contributed by atoms with Crippen molar-refractivity contribution in [2.24, 2.45) is 44.3 Å². The minimum atomic E-state index is -0.352. The van der Waals surface area contributed by atoms with E-state index in [0.29, 0.717) is 17.8 Å². The van der Waals surface area contributed by atoms with E-state index in [1.54, 1.807) is 22.3 Å². The van der Waals surface area contributed by atoms with E-state index in [1.807, 2.05) is 57.2 Å². The van der Waals surface area contributed by atoms with E-state index in [9.17, 15) is 14.4 Å². The Morgan fingerprint density at radius 2 is 0.636 bits per heavy atom. The van der Waals surface area contributed by atoms with Gasteiger partial charge in [-0.15, -0.1) is 0 Å². The van der Waals surface area contributed by atoms with E-state index in [0.717, 1.165) is 45.1 Å². The van der Waals surface area contributed by atoms with Crippen molar-refractivity contribution in [3.05, 3.63) is 377 Å². The lowest BCUT2D eigenvalue weighted by Gasteiger charge is -2.37. The Balaban J connectivity index is 0.0000000999. The number of halogens is 1.